The molecular formula is C21H17ClN4OS2. The van der Waals surface area contributed by atoms with Crippen LogP contribution in [-0.4, -0.2) is 26.4 Å². The fourth-order valence-corrected chi connectivity index (χ4v) is 4.51. The highest BCUT2D eigenvalue weighted by Gasteiger charge is 2.18. The van der Waals surface area contributed by atoms with Gasteiger partial charge in [0.05, 0.1) is 21.3 Å². The molecule has 4 aromatic rings. The molecule has 0 fully saturated rings. The summed E-state index contributed by atoms with van der Waals surface area (Å²) in [4.78, 5) is 13.5. The summed E-state index contributed by atoms with van der Waals surface area (Å²) in [6.45, 7) is 1.95. The van der Waals surface area contributed by atoms with Crippen LogP contribution in [-0.2, 0) is 4.79 Å². The van der Waals surface area contributed by atoms with Crippen molar-refractivity contribution in [2.75, 3.05) is 11.1 Å². The number of carbonyl (C=O) groups is 1. The Balaban J connectivity index is 1.55. The lowest BCUT2D eigenvalue weighted by atomic mass is 10.2. The molecule has 0 unspecified atom stereocenters. The minimum absolute atomic E-state index is 0.152. The van der Waals surface area contributed by atoms with Crippen molar-refractivity contribution in [1.29, 1.82) is 0 Å². The van der Waals surface area contributed by atoms with E-state index in [4.69, 9.17) is 11.6 Å². The highest BCUT2D eigenvalue weighted by molar-refractivity contribution is 7.99. The van der Waals surface area contributed by atoms with Gasteiger partial charge in [-0.3, -0.25) is 9.36 Å². The van der Waals surface area contributed by atoms with Crippen molar-refractivity contribution in [3.05, 3.63) is 76.6 Å². The minimum Gasteiger partial charge on any atom is -0.324 e. The smallest absolute Gasteiger partial charge is 0.234 e. The van der Waals surface area contributed by atoms with Gasteiger partial charge in [-0.25, -0.2) is 0 Å². The van der Waals surface area contributed by atoms with Crippen LogP contribution in [0.4, 0.5) is 5.69 Å². The summed E-state index contributed by atoms with van der Waals surface area (Å²) in [5.74, 6) is 0.802. The van der Waals surface area contributed by atoms with E-state index in [1.54, 1.807) is 11.3 Å². The molecule has 0 radical (unpaired) electrons. The molecule has 2 aromatic heterocycles. The molecule has 29 heavy (non-hydrogen) atoms. The van der Waals surface area contributed by atoms with E-state index in [-0.39, 0.29) is 11.7 Å². The average molecular weight is 441 g/mol. The van der Waals surface area contributed by atoms with Gasteiger partial charge in [-0.15, -0.1) is 21.5 Å². The van der Waals surface area contributed by atoms with Gasteiger partial charge in [0.15, 0.2) is 11.0 Å². The molecule has 0 bridgehead atoms. The van der Waals surface area contributed by atoms with E-state index in [0.717, 1.165) is 22.0 Å². The number of halogens is 1. The molecule has 4 rings (SSSR count). The molecule has 0 saturated carbocycles. The van der Waals surface area contributed by atoms with Crippen molar-refractivity contribution >= 4 is 46.3 Å². The van der Waals surface area contributed by atoms with Crippen molar-refractivity contribution in [2.45, 2.75) is 12.1 Å². The Morgan fingerprint density at radius 3 is 2.69 bits per heavy atom. The Morgan fingerprint density at radius 2 is 1.97 bits per heavy atom. The van der Waals surface area contributed by atoms with Crippen LogP contribution in [0.3, 0.4) is 0 Å². The number of carbonyl (C=O) groups excluding carboxylic acids is 1. The number of thioether (sulfide) groups is 1. The lowest BCUT2D eigenvalue weighted by Gasteiger charge is -2.10. The number of rotatable bonds is 6. The number of benzene rings is 2. The van der Waals surface area contributed by atoms with Crippen LogP contribution in [0, 0.1) is 6.92 Å². The first kappa shape index (κ1) is 19.7. The normalized spacial score (nSPS) is 10.8. The molecule has 2 aromatic carbocycles. The lowest BCUT2D eigenvalue weighted by molar-refractivity contribution is -0.113. The van der Waals surface area contributed by atoms with Crippen LogP contribution in [0.15, 0.2) is 71.2 Å². The van der Waals surface area contributed by atoms with Gasteiger partial charge in [-0.2, -0.15) is 0 Å². The number of nitrogens with zero attached hydrogens (tertiary/aromatic N) is 3. The van der Waals surface area contributed by atoms with Crippen molar-refractivity contribution in [2.24, 2.45) is 0 Å². The number of nitrogens with one attached hydrogen (secondary N) is 1. The van der Waals surface area contributed by atoms with E-state index in [2.05, 4.69) is 15.5 Å². The van der Waals surface area contributed by atoms with E-state index >= 15 is 0 Å². The Morgan fingerprint density at radius 1 is 1.14 bits per heavy atom. The quantitative estimate of drug-likeness (QED) is 0.391. The van der Waals surface area contributed by atoms with Gasteiger partial charge in [-0.1, -0.05) is 53.7 Å². The van der Waals surface area contributed by atoms with Crippen LogP contribution in [0.5, 0.6) is 0 Å². The fourth-order valence-electron chi connectivity index (χ4n) is 2.78. The molecule has 0 aliphatic rings. The standard InChI is InChI=1S/C21H17ClN4OS2/c1-14-9-10-17(16(22)12-14)23-19(27)13-29-21-25-24-20(18-8-5-11-28-18)26(21)15-6-3-2-4-7-15/h2-12H,13H2,1H3,(H,23,27). The third kappa shape index (κ3) is 4.53. The van der Waals surface area contributed by atoms with Crippen molar-refractivity contribution in [1.82, 2.24) is 14.8 Å². The molecular weight excluding hydrogens is 424 g/mol. The molecule has 0 aliphatic carbocycles. The zero-order chi connectivity index (χ0) is 20.2. The zero-order valence-electron chi connectivity index (χ0n) is 15.5. The molecule has 5 nitrogen and oxygen atoms in total. The fraction of sp³-hybridized carbons (Fsp3) is 0.0952. The number of hydrogen-bond acceptors (Lipinski definition) is 5. The maximum absolute atomic E-state index is 12.5. The predicted octanol–water partition coefficient (Wildman–Crippen LogP) is 5.69. The van der Waals surface area contributed by atoms with Gasteiger partial charge in [0.2, 0.25) is 5.91 Å². The number of aromatic nitrogens is 3. The van der Waals surface area contributed by atoms with Gasteiger partial charge >= 0.3 is 0 Å². The van der Waals surface area contributed by atoms with Crippen LogP contribution in [0.25, 0.3) is 16.4 Å². The number of para-hydroxylation sites is 1. The summed E-state index contributed by atoms with van der Waals surface area (Å²) < 4.78 is 1.97. The summed E-state index contributed by atoms with van der Waals surface area (Å²) in [6.07, 6.45) is 0. The lowest BCUT2D eigenvalue weighted by Crippen LogP contribution is -2.15. The first-order chi connectivity index (χ1) is 14.1. The van der Waals surface area contributed by atoms with Gasteiger partial charge in [0.25, 0.3) is 0 Å². The SMILES string of the molecule is Cc1ccc(NC(=O)CSc2nnc(-c3cccs3)n2-c2ccccc2)c(Cl)c1. The molecule has 2 heterocycles. The molecule has 1 amide bonds. The van der Waals surface area contributed by atoms with Crippen LogP contribution in [0.1, 0.15) is 5.56 Å². The highest BCUT2D eigenvalue weighted by Crippen LogP contribution is 2.30. The second kappa shape index (κ2) is 8.82. The molecule has 1 N–H and O–H groups in total. The number of anilines is 1. The van der Waals surface area contributed by atoms with Crippen LogP contribution < -0.4 is 5.32 Å². The number of aryl methyl sites for hydroxylation is 1. The monoisotopic (exact) mass is 440 g/mol. The maximum atomic E-state index is 12.5. The summed E-state index contributed by atoms with van der Waals surface area (Å²) in [7, 11) is 0. The van der Waals surface area contributed by atoms with E-state index in [1.165, 1.54) is 11.8 Å². The van der Waals surface area contributed by atoms with Gasteiger partial charge in [-0.05, 0) is 48.2 Å². The van der Waals surface area contributed by atoms with Crippen molar-refractivity contribution in [3.8, 4) is 16.4 Å². The third-order valence-electron chi connectivity index (χ3n) is 4.12. The van der Waals surface area contributed by atoms with E-state index in [9.17, 15) is 4.79 Å². The summed E-state index contributed by atoms with van der Waals surface area (Å²) in [6, 6.07) is 19.4. The Kier molecular flexibility index (Phi) is 5.99. The first-order valence-electron chi connectivity index (χ1n) is 8.85. The number of hydrogen-bond donors (Lipinski definition) is 1. The van der Waals surface area contributed by atoms with Crippen LogP contribution >= 0.6 is 34.7 Å². The van der Waals surface area contributed by atoms with Gasteiger partial charge in [0.1, 0.15) is 0 Å². The second-order valence-electron chi connectivity index (χ2n) is 6.27. The predicted molar refractivity (Wildman–Crippen MR) is 120 cm³/mol. The molecule has 8 heteroatoms. The molecule has 0 spiro atoms. The first-order valence-corrected chi connectivity index (χ1v) is 11.1. The Hall–Kier alpha value is -2.61. The third-order valence-corrected chi connectivity index (χ3v) is 6.23. The molecule has 0 saturated heterocycles. The Labute approximate surface area is 181 Å². The topological polar surface area (TPSA) is 59.8 Å². The molecule has 0 atom stereocenters. The molecule has 0 aliphatic heterocycles. The van der Waals surface area contributed by atoms with Crippen molar-refractivity contribution < 1.29 is 4.79 Å². The van der Waals surface area contributed by atoms with E-state index in [1.807, 2.05) is 77.5 Å². The average Bonchev–Trinajstić information content (AvgIpc) is 3.38. The summed E-state index contributed by atoms with van der Waals surface area (Å²) in [5, 5.41) is 14.7. The van der Waals surface area contributed by atoms with Gasteiger partial charge in [0, 0.05) is 5.69 Å². The van der Waals surface area contributed by atoms with E-state index in [0.29, 0.717) is 15.9 Å². The van der Waals surface area contributed by atoms with E-state index < -0.39 is 0 Å². The van der Waals surface area contributed by atoms with Crippen molar-refractivity contribution in [3.63, 3.8) is 0 Å². The number of thiophene rings is 1. The maximum Gasteiger partial charge on any atom is 0.234 e. The number of amides is 1. The largest absolute Gasteiger partial charge is 0.324 e. The minimum atomic E-state index is -0.152. The van der Waals surface area contributed by atoms with Gasteiger partial charge < -0.3 is 5.32 Å². The Bertz CT molecular complexity index is 1130. The second-order valence-corrected chi connectivity index (χ2v) is 8.57. The summed E-state index contributed by atoms with van der Waals surface area (Å²) in [5.41, 5.74) is 2.59. The summed E-state index contributed by atoms with van der Waals surface area (Å²) >= 11 is 9.15. The zero-order valence-corrected chi connectivity index (χ0v) is 17.9. The highest BCUT2D eigenvalue weighted by atomic mass is 35.5. The molecule has 146 valence electrons. The van der Waals surface area contributed by atoms with Crippen LogP contribution in [0.2, 0.25) is 5.02 Å².